The summed E-state index contributed by atoms with van der Waals surface area (Å²) in [5.74, 6) is 0.660. The highest BCUT2D eigenvalue weighted by molar-refractivity contribution is 4.84. The van der Waals surface area contributed by atoms with Crippen molar-refractivity contribution in [1.29, 1.82) is 0 Å². The molecule has 2 rings (SSSR count). The molecule has 1 aliphatic carbocycles. The molecule has 11 heavy (non-hydrogen) atoms. The first-order valence-electron chi connectivity index (χ1n) is 4.67. The van der Waals surface area contributed by atoms with Gasteiger partial charge in [-0.2, -0.15) is 0 Å². The van der Waals surface area contributed by atoms with E-state index in [-0.39, 0.29) is 12.2 Å². The molecule has 1 aliphatic heterocycles. The highest BCUT2D eigenvalue weighted by Gasteiger charge is 2.34. The molecule has 1 N–H and O–H groups in total. The molecule has 0 amide bonds. The summed E-state index contributed by atoms with van der Waals surface area (Å²) in [5, 5.41) is 9.58. The quantitative estimate of drug-likeness (QED) is 0.573. The van der Waals surface area contributed by atoms with Gasteiger partial charge in [0.05, 0.1) is 12.2 Å². The van der Waals surface area contributed by atoms with E-state index in [9.17, 15) is 5.11 Å². The third-order valence-electron chi connectivity index (χ3n) is 2.95. The maximum atomic E-state index is 9.58. The first-order chi connectivity index (χ1) is 5.38. The molecule has 3 unspecified atom stereocenters. The lowest BCUT2D eigenvalue weighted by Gasteiger charge is -2.38. The third kappa shape index (κ3) is 1.42. The zero-order valence-corrected chi connectivity index (χ0v) is 6.83. The second kappa shape index (κ2) is 3.11. The van der Waals surface area contributed by atoms with Crippen molar-refractivity contribution in [2.75, 3.05) is 6.61 Å². The highest BCUT2D eigenvalue weighted by Crippen LogP contribution is 2.33. The van der Waals surface area contributed by atoms with Crippen LogP contribution in [-0.2, 0) is 4.74 Å². The lowest BCUT2D eigenvalue weighted by molar-refractivity contribution is -0.114. The van der Waals surface area contributed by atoms with Gasteiger partial charge in [-0.1, -0.05) is 6.42 Å². The van der Waals surface area contributed by atoms with Crippen LogP contribution in [0.4, 0.5) is 0 Å². The van der Waals surface area contributed by atoms with Gasteiger partial charge in [0.1, 0.15) is 0 Å². The molecule has 2 fully saturated rings. The van der Waals surface area contributed by atoms with Crippen molar-refractivity contribution >= 4 is 0 Å². The Morgan fingerprint density at radius 3 is 2.73 bits per heavy atom. The van der Waals surface area contributed by atoms with E-state index in [1.54, 1.807) is 0 Å². The summed E-state index contributed by atoms with van der Waals surface area (Å²) in [5.41, 5.74) is 0. The van der Waals surface area contributed by atoms with Crippen LogP contribution in [0.3, 0.4) is 0 Å². The van der Waals surface area contributed by atoms with Gasteiger partial charge in [-0.3, -0.25) is 0 Å². The Kier molecular flexibility index (Phi) is 2.14. The summed E-state index contributed by atoms with van der Waals surface area (Å²) in [6.45, 7) is 0.859. The van der Waals surface area contributed by atoms with Crippen molar-refractivity contribution in [1.82, 2.24) is 0 Å². The highest BCUT2D eigenvalue weighted by atomic mass is 16.5. The number of fused-ring (bicyclic) bond motifs is 1. The van der Waals surface area contributed by atoms with Gasteiger partial charge in [0.15, 0.2) is 0 Å². The second-order valence-electron chi connectivity index (χ2n) is 3.74. The van der Waals surface area contributed by atoms with Crippen LogP contribution in [0.2, 0.25) is 0 Å². The van der Waals surface area contributed by atoms with Crippen molar-refractivity contribution < 1.29 is 9.84 Å². The predicted octanol–water partition coefficient (Wildman–Crippen LogP) is 1.33. The summed E-state index contributed by atoms with van der Waals surface area (Å²) in [7, 11) is 0. The van der Waals surface area contributed by atoms with Gasteiger partial charge in [-0.15, -0.1) is 0 Å². The van der Waals surface area contributed by atoms with E-state index < -0.39 is 0 Å². The minimum absolute atomic E-state index is 0.172. The largest absolute Gasteiger partial charge is 0.390 e. The molecule has 0 aromatic carbocycles. The van der Waals surface area contributed by atoms with Crippen LogP contribution >= 0.6 is 0 Å². The number of rotatable bonds is 0. The summed E-state index contributed by atoms with van der Waals surface area (Å²) in [6, 6.07) is 0. The summed E-state index contributed by atoms with van der Waals surface area (Å²) < 4.78 is 5.54. The van der Waals surface area contributed by atoms with E-state index in [0.29, 0.717) is 5.92 Å². The van der Waals surface area contributed by atoms with Crippen LogP contribution in [-0.4, -0.2) is 23.9 Å². The van der Waals surface area contributed by atoms with Crippen molar-refractivity contribution in [3.8, 4) is 0 Å². The molecule has 1 saturated heterocycles. The summed E-state index contributed by atoms with van der Waals surface area (Å²) in [6.07, 6.45) is 5.86. The van der Waals surface area contributed by atoms with Crippen molar-refractivity contribution in [3.63, 3.8) is 0 Å². The molecule has 1 heterocycles. The van der Waals surface area contributed by atoms with Crippen molar-refractivity contribution in [2.45, 2.75) is 44.3 Å². The van der Waals surface area contributed by atoms with Crippen LogP contribution in [0.1, 0.15) is 32.1 Å². The average Bonchev–Trinajstić information content (AvgIpc) is 2.06. The summed E-state index contributed by atoms with van der Waals surface area (Å²) >= 11 is 0. The Bertz CT molecular complexity index is 134. The zero-order valence-electron chi connectivity index (χ0n) is 6.83. The molecule has 64 valence electrons. The van der Waals surface area contributed by atoms with Crippen LogP contribution in [0, 0.1) is 5.92 Å². The van der Waals surface area contributed by atoms with Gasteiger partial charge in [0.25, 0.3) is 0 Å². The Labute approximate surface area is 67.6 Å². The molecule has 0 bridgehead atoms. The molecule has 0 aromatic rings. The van der Waals surface area contributed by atoms with Gasteiger partial charge < -0.3 is 9.84 Å². The molecular formula is C9H16O2. The first-order valence-corrected chi connectivity index (χ1v) is 4.67. The summed E-state index contributed by atoms with van der Waals surface area (Å²) in [4.78, 5) is 0. The minimum atomic E-state index is -0.172. The smallest absolute Gasteiger partial charge is 0.0861 e. The van der Waals surface area contributed by atoms with E-state index >= 15 is 0 Å². The van der Waals surface area contributed by atoms with Gasteiger partial charge >= 0.3 is 0 Å². The average molecular weight is 156 g/mol. The number of ether oxygens (including phenoxy) is 1. The Balaban J connectivity index is 1.99. The monoisotopic (exact) mass is 156 g/mol. The SMILES string of the molecule is OC1CCCC2CCCOC12. The fourth-order valence-electron chi connectivity index (χ4n) is 2.35. The number of aliphatic hydroxyl groups is 1. The molecule has 0 spiro atoms. The van der Waals surface area contributed by atoms with Crippen molar-refractivity contribution in [3.05, 3.63) is 0 Å². The maximum absolute atomic E-state index is 9.58. The molecule has 0 aromatic heterocycles. The normalized spacial score (nSPS) is 45.0. The first kappa shape index (κ1) is 7.56. The van der Waals surface area contributed by atoms with Crippen LogP contribution in [0.5, 0.6) is 0 Å². The minimum Gasteiger partial charge on any atom is -0.390 e. The van der Waals surface area contributed by atoms with Crippen molar-refractivity contribution in [2.24, 2.45) is 5.92 Å². The van der Waals surface area contributed by atoms with Gasteiger partial charge in [0, 0.05) is 6.61 Å². The maximum Gasteiger partial charge on any atom is 0.0861 e. The number of hydrogen-bond donors (Lipinski definition) is 1. The topological polar surface area (TPSA) is 29.5 Å². The molecular weight excluding hydrogens is 140 g/mol. The fourth-order valence-corrected chi connectivity index (χ4v) is 2.35. The zero-order chi connectivity index (χ0) is 7.68. The predicted molar refractivity (Wildman–Crippen MR) is 42.3 cm³/mol. The Morgan fingerprint density at radius 1 is 1.09 bits per heavy atom. The Morgan fingerprint density at radius 2 is 1.91 bits per heavy atom. The fraction of sp³-hybridized carbons (Fsp3) is 1.00. The number of hydrogen-bond acceptors (Lipinski definition) is 2. The third-order valence-corrected chi connectivity index (χ3v) is 2.95. The van der Waals surface area contributed by atoms with E-state index in [0.717, 1.165) is 13.0 Å². The number of aliphatic hydroxyl groups excluding tert-OH is 1. The van der Waals surface area contributed by atoms with Gasteiger partial charge in [0.2, 0.25) is 0 Å². The lowest BCUT2D eigenvalue weighted by Crippen LogP contribution is -2.42. The molecule has 0 radical (unpaired) electrons. The van der Waals surface area contributed by atoms with E-state index in [4.69, 9.17) is 4.74 Å². The van der Waals surface area contributed by atoms with Crippen LogP contribution < -0.4 is 0 Å². The molecule has 2 aliphatic rings. The van der Waals surface area contributed by atoms with E-state index in [1.807, 2.05) is 0 Å². The van der Waals surface area contributed by atoms with Crippen LogP contribution in [0.15, 0.2) is 0 Å². The molecule has 1 saturated carbocycles. The molecule has 2 nitrogen and oxygen atoms in total. The second-order valence-corrected chi connectivity index (χ2v) is 3.74. The standard InChI is InChI=1S/C9H16O2/c10-8-5-1-3-7-4-2-6-11-9(7)8/h7-10H,1-6H2. The van der Waals surface area contributed by atoms with E-state index in [1.165, 1.54) is 25.7 Å². The van der Waals surface area contributed by atoms with Gasteiger partial charge in [-0.05, 0) is 31.6 Å². The van der Waals surface area contributed by atoms with Crippen LogP contribution in [0.25, 0.3) is 0 Å². The Hall–Kier alpha value is -0.0800. The molecule has 2 heteroatoms. The lowest BCUT2D eigenvalue weighted by atomic mass is 9.80. The van der Waals surface area contributed by atoms with E-state index in [2.05, 4.69) is 0 Å². The molecule has 3 atom stereocenters. The van der Waals surface area contributed by atoms with Gasteiger partial charge in [-0.25, -0.2) is 0 Å².